The summed E-state index contributed by atoms with van der Waals surface area (Å²) in [6, 6.07) is 0.0166. The largest absolute Gasteiger partial charge is 1.00 e. The van der Waals surface area contributed by atoms with Gasteiger partial charge in [-0.05, 0) is 19.3 Å². The van der Waals surface area contributed by atoms with Crippen LogP contribution in [-0.2, 0) is 4.79 Å². The molecule has 0 aliphatic rings. The third-order valence-corrected chi connectivity index (χ3v) is 1.24. The molecule has 54 valence electrons. The fourth-order valence-electron chi connectivity index (χ4n) is 0.507. The van der Waals surface area contributed by atoms with Gasteiger partial charge in [-0.2, -0.15) is 0 Å². The Labute approximate surface area is 83.3 Å². The van der Waals surface area contributed by atoms with Crippen molar-refractivity contribution >= 4 is 5.97 Å². The van der Waals surface area contributed by atoms with Crippen LogP contribution in [0.25, 0.3) is 0 Å². The minimum absolute atomic E-state index is 0. The number of carboxylic acids is 1. The van der Waals surface area contributed by atoms with E-state index in [1.165, 1.54) is 0 Å². The van der Waals surface area contributed by atoms with Crippen LogP contribution < -0.4 is 40.4 Å². The van der Waals surface area contributed by atoms with Crippen LogP contribution in [0.3, 0.4) is 0 Å². The van der Waals surface area contributed by atoms with Crippen molar-refractivity contribution in [1.29, 1.82) is 0 Å². The average Bonchev–Trinajstić information content (AvgIpc) is 1.83. The molecule has 1 atom stereocenters. The number of nitrogens with two attached hydrogens (primary N) is 1. The Bertz CT molecular complexity index is 97.7. The molecule has 0 fully saturated rings. The van der Waals surface area contributed by atoms with Gasteiger partial charge in [0.05, 0.1) is 0 Å². The summed E-state index contributed by atoms with van der Waals surface area (Å²) >= 11 is 0. The summed E-state index contributed by atoms with van der Waals surface area (Å²) in [4.78, 5) is 9.85. The van der Waals surface area contributed by atoms with E-state index in [1.54, 1.807) is 0 Å². The van der Waals surface area contributed by atoms with Crippen LogP contribution in [0.2, 0.25) is 0 Å². The number of carboxylic acid groups (broad SMARTS) is 1. The first-order valence-electron chi connectivity index (χ1n) is 3.12. The maximum atomic E-state index is 9.85. The van der Waals surface area contributed by atoms with Crippen molar-refractivity contribution in [3.8, 4) is 0 Å². The third-order valence-electron chi connectivity index (χ3n) is 1.24. The summed E-state index contributed by atoms with van der Waals surface area (Å²) in [5, 5.41) is 9.85. The normalized spacial score (nSPS) is 11.8. The molecule has 0 heterocycles. The number of aliphatic carboxylic acids is 1. The molecular weight excluding hydrogens is 141 g/mol. The molecule has 4 heteroatoms. The van der Waals surface area contributed by atoms with Gasteiger partial charge in [-0.1, -0.05) is 6.92 Å². The number of rotatable bonds is 4. The zero-order chi connectivity index (χ0) is 7.28. The van der Waals surface area contributed by atoms with Crippen LogP contribution in [0, 0.1) is 0 Å². The zero-order valence-corrected chi connectivity index (χ0v) is 8.59. The molecule has 0 spiro atoms. The van der Waals surface area contributed by atoms with Crippen molar-refractivity contribution in [2.75, 3.05) is 0 Å². The van der Waals surface area contributed by atoms with Gasteiger partial charge in [-0.25, -0.2) is 0 Å². The molecule has 0 aliphatic heterocycles. The summed E-state index contributed by atoms with van der Waals surface area (Å²) in [7, 11) is 0. The van der Waals surface area contributed by atoms with Crippen molar-refractivity contribution in [2.24, 2.45) is 5.73 Å². The summed E-state index contributed by atoms with van der Waals surface area (Å²) in [5.41, 5.74) is 5.43. The molecule has 0 aliphatic carbocycles. The quantitative estimate of drug-likeness (QED) is 0.422. The predicted octanol–water partition coefficient (Wildman–Crippen LogP) is -3.74. The second kappa shape index (κ2) is 7.54. The van der Waals surface area contributed by atoms with Crippen molar-refractivity contribution in [1.82, 2.24) is 0 Å². The van der Waals surface area contributed by atoms with Crippen LogP contribution in [0.5, 0.6) is 0 Å². The minimum atomic E-state index is -1.01. The fraction of sp³-hybridized carbons (Fsp3) is 0.833. The van der Waals surface area contributed by atoms with E-state index in [0.29, 0.717) is 6.42 Å². The van der Waals surface area contributed by atoms with Gasteiger partial charge in [0, 0.05) is 12.0 Å². The molecule has 0 radical (unpaired) electrons. The van der Waals surface area contributed by atoms with Crippen molar-refractivity contribution in [3.05, 3.63) is 0 Å². The molecule has 0 saturated carbocycles. The van der Waals surface area contributed by atoms with E-state index < -0.39 is 5.97 Å². The van der Waals surface area contributed by atoms with Gasteiger partial charge >= 0.3 is 29.6 Å². The van der Waals surface area contributed by atoms with E-state index in [-0.39, 0.29) is 42.0 Å². The Morgan fingerprint density at radius 2 is 2.20 bits per heavy atom. The van der Waals surface area contributed by atoms with Gasteiger partial charge < -0.3 is 15.6 Å². The molecule has 3 nitrogen and oxygen atoms in total. The predicted molar refractivity (Wildman–Crippen MR) is 32.5 cm³/mol. The molecule has 1 unspecified atom stereocenters. The second-order valence-corrected chi connectivity index (χ2v) is 2.08. The standard InChI is InChI=1S/C6H13NO2.Na/c1-2-5(7)3-4-6(8)9;/h5H,2-4,7H2,1H3,(H,8,9);/q;+1/p-1. The molecule has 0 aromatic rings. The van der Waals surface area contributed by atoms with Crippen molar-refractivity contribution in [2.45, 2.75) is 32.2 Å². The SMILES string of the molecule is CCC(N)CCC(=O)[O-].[Na+]. The Morgan fingerprint density at radius 3 is 2.50 bits per heavy atom. The van der Waals surface area contributed by atoms with E-state index in [2.05, 4.69) is 0 Å². The van der Waals surface area contributed by atoms with E-state index in [4.69, 9.17) is 5.73 Å². The van der Waals surface area contributed by atoms with E-state index in [9.17, 15) is 9.90 Å². The molecule has 0 bridgehead atoms. The summed E-state index contributed by atoms with van der Waals surface area (Å²) in [5.74, 6) is -1.01. The first-order chi connectivity index (χ1) is 4.16. The molecule has 0 saturated heterocycles. The number of hydrogen-bond acceptors (Lipinski definition) is 3. The van der Waals surface area contributed by atoms with Gasteiger partial charge in [0.15, 0.2) is 0 Å². The summed E-state index contributed by atoms with van der Waals surface area (Å²) in [6.07, 6.45) is 1.43. The molecule has 0 aromatic carbocycles. The van der Waals surface area contributed by atoms with Crippen LogP contribution in [0.4, 0.5) is 0 Å². The molecule has 0 amide bonds. The molecular formula is C6H12NNaO2. The Kier molecular flexibility index (Phi) is 9.84. The van der Waals surface area contributed by atoms with Crippen LogP contribution in [-0.4, -0.2) is 12.0 Å². The van der Waals surface area contributed by atoms with E-state index in [1.807, 2.05) is 6.92 Å². The number of hydrogen-bond donors (Lipinski definition) is 1. The van der Waals surface area contributed by atoms with Gasteiger partial charge in [-0.3, -0.25) is 0 Å². The van der Waals surface area contributed by atoms with E-state index >= 15 is 0 Å². The molecule has 0 aromatic heterocycles. The summed E-state index contributed by atoms with van der Waals surface area (Å²) in [6.45, 7) is 1.93. The Balaban J connectivity index is 0. The second-order valence-electron chi connectivity index (χ2n) is 2.08. The molecule has 0 rings (SSSR count). The van der Waals surface area contributed by atoms with E-state index in [0.717, 1.165) is 6.42 Å². The van der Waals surface area contributed by atoms with Gasteiger partial charge in [-0.15, -0.1) is 0 Å². The van der Waals surface area contributed by atoms with Crippen molar-refractivity contribution < 1.29 is 39.5 Å². The van der Waals surface area contributed by atoms with Crippen LogP contribution in [0.1, 0.15) is 26.2 Å². The monoisotopic (exact) mass is 153 g/mol. The van der Waals surface area contributed by atoms with Gasteiger partial charge in [0.1, 0.15) is 0 Å². The minimum Gasteiger partial charge on any atom is -0.550 e. The Hall–Kier alpha value is 0.430. The van der Waals surface area contributed by atoms with Gasteiger partial charge in [0.25, 0.3) is 0 Å². The van der Waals surface area contributed by atoms with Crippen LogP contribution >= 0.6 is 0 Å². The Morgan fingerprint density at radius 1 is 1.70 bits per heavy atom. The average molecular weight is 153 g/mol. The smallest absolute Gasteiger partial charge is 0.550 e. The third kappa shape index (κ3) is 8.43. The first kappa shape index (κ1) is 13.1. The maximum absolute atomic E-state index is 9.85. The fourth-order valence-corrected chi connectivity index (χ4v) is 0.507. The topological polar surface area (TPSA) is 66.2 Å². The maximum Gasteiger partial charge on any atom is 1.00 e. The number of carbonyl (C=O) groups excluding carboxylic acids is 1. The zero-order valence-electron chi connectivity index (χ0n) is 6.59. The molecule has 2 N–H and O–H groups in total. The molecule has 10 heavy (non-hydrogen) atoms. The van der Waals surface area contributed by atoms with Gasteiger partial charge in [0.2, 0.25) is 0 Å². The van der Waals surface area contributed by atoms with Crippen LogP contribution in [0.15, 0.2) is 0 Å². The number of carbonyl (C=O) groups is 1. The first-order valence-corrected chi connectivity index (χ1v) is 3.12. The summed E-state index contributed by atoms with van der Waals surface area (Å²) < 4.78 is 0. The van der Waals surface area contributed by atoms with Crippen molar-refractivity contribution in [3.63, 3.8) is 0 Å².